The lowest BCUT2D eigenvalue weighted by molar-refractivity contribution is -0.138. The number of ether oxygens (including phenoxy) is 1. The van der Waals surface area contributed by atoms with Crippen molar-refractivity contribution in [2.24, 2.45) is 0 Å². The van der Waals surface area contributed by atoms with Gasteiger partial charge in [-0.3, -0.25) is 9.59 Å². The molecule has 0 fully saturated rings. The molecule has 7 nitrogen and oxygen atoms in total. The van der Waals surface area contributed by atoms with Crippen LogP contribution in [0.2, 0.25) is 0 Å². The number of anilines is 1. The predicted molar refractivity (Wildman–Crippen MR) is 101 cm³/mol. The molecule has 0 aliphatic rings. The van der Waals surface area contributed by atoms with Crippen LogP contribution >= 0.6 is 11.3 Å². The number of benzene rings is 1. The normalized spacial score (nSPS) is 11.1. The fourth-order valence-electron chi connectivity index (χ4n) is 2.21. The minimum Gasteiger partial charge on any atom is -0.449 e. The van der Waals surface area contributed by atoms with Gasteiger partial charge in [-0.1, -0.05) is 6.07 Å². The smallest absolute Gasteiger partial charge is 0.338 e. The Kier molecular flexibility index (Phi) is 7.08. The van der Waals surface area contributed by atoms with Crippen LogP contribution in [0.3, 0.4) is 0 Å². The first kappa shape index (κ1) is 20.1. The van der Waals surface area contributed by atoms with Gasteiger partial charge in [0, 0.05) is 19.3 Å². The van der Waals surface area contributed by atoms with E-state index in [1.807, 2.05) is 11.4 Å². The molecule has 1 N–H and O–H groups in total. The van der Waals surface area contributed by atoms with E-state index in [-0.39, 0.29) is 30.3 Å². The van der Waals surface area contributed by atoms with Crippen molar-refractivity contribution in [2.75, 3.05) is 18.9 Å². The number of nitrogens with one attached hydrogen (secondary N) is 1. The minimum absolute atomic E-state index is 0.210. The number of hydrogen-bond donors (Lipinski definition) is 1. The summed E-state index contributed by atoms with van der Waals surface area (Å²) in [7, 11) is 1.55. The maximum Gasteiger partial charge on any atom is 0.338 e. The molecule has 0 unspecified atom stereocenters. The van der Waals surface area contributed by atoms with Gasteiger partial charge in [0.05, 0.1) is 22.9 Å². The molecule has 1 atom stereocenters. The molecule has 0 aliphatic carbocycles. The van der Waals surface area contributed by atoms with E-state index >= 15 is 0 Å². The van der Waals surface area contributed by atoms with Crippen LogP contribution in [0, 0.1) is 11.3 Å². The molecule has 140 valence electrons. The molecule has 0 radical (unpaired) electrons. The Balaban J connectivity index is 1.92. The van der Waals surface area contributed by atoms with Crippen molar-refractivity contribution in [1.29, 1.82) is 5.26 Å². The summed E-state index contributed by atoms with van der Waals surface area (Å²) in [4.78, 5) is 38.2. The van der Waals surface area contributed by atoms with Crippen molar-refractivity contribution >= 4 is 34.8 Å². The summed E-state index contributed by atoms with van der Waals surface area (Å²) in [6, 6.07) is 11.7. The van der Waals surface area contributed by atoms with Gasteiger partial charge in [0.2, 0.25) is 0 Å². The minimum atomic E-state index is -0.959. The average molecular weight is 385 g/mol. The first-order chi connectivity index (χ1) is 12.9. The van der Waals surface area contributed by atoms with Crippen molar-refractivity contribution in [3.05, 3.63) is 52.2 Å². The van der Waals surface area contributed by atoms with Gasteiger partial charge in [-0.25, -0.2) is 4.79 Å². The van der Waals surface area contributed by atoms with Gasteiger partial charge in [-0.05, 0) is 42.6 Å². The van der Waals surface area contributed by atoms with Gasteiger partial charge in [-0.2, -0.15) is 5.26 Å². The summed E-state index contributed by atoms with van der Waals surface area (Å²) in [6.45, 7) is 1.76. The van der Waals surface area contributed by atoms with Crippen molar-refractivity contribution < 1.29 is 19.1 Å². The van der Waals surface area contributed by atoms with E-state index < -0.39 is 12.1 Å². The van der Waals surface area contributed by atoms with Crippen molar-refractivity contribution in [1.82, 2.24) is 4.90 Å². The summed E-state index contributed by atoms with van der Waals surface area (Å²) in [5.74, 6) is -1.24. The third-order valence-electron chi connectivity index (χ3n) is 3.69. The van der Waals surface area contributed by atoms with E-state index in [2.05, 4.69) is 5.32 Å². The molecule has 1 heterocycles. The van der Waals surface area contributed by atoms with Crippen LogP contribution in [-0.4, -0.2) is 42.4 Å². The van der Waals surface area contributed by atoms with Gasteiger partial charge in [0.25, 0.3) is 11.8 Å². The van der Waals surface area contributed by atoms with Crippen LogP contribution in [0.4, 0.5) is 5.69 Å². The molecular formula is C19H19N3O4S. The zero-order chi connectivity index (χ0) is 19.8. The molecule has 8 heteroatoms. The molecule has 0 bridgehead atoms. The van der Waals surface area contributed by atoms with E-state index in [4.69, 9.17) is 10.00 Å². The van der Waals surface area contributed by atoms with E-state index in [1.54, 1.807) is 31.3 Å². The zero-order valence-electron chi connectivity index (χ0n) is 15.0. The Morgan fingerprint density at radius 2 is 1.96 bits per heavy atom. The molecule has 0 spiro atoms. The van der Waals surface area contributed by atoms with Gasteiger partial charge in [0.1, 0.15) is 0 Å². The quantitative estimate of drug-likeness (QED) is 0.739. The molecule has 2 rings (SSSR count). The third-order valence-corrected chi connectivity index (χ3v) is 4.56. The molecule has 0 saturated carbocycles. The number of amides is 2. The molecule has 2 amide bonds. The highest BCUT2D eigenvalue weighted by Gasteiger charge is 2.22. The van der Waals surface area contributed by atoms with Gasteiger partial charge >= 0.3 is 5.97 Å². The van der Waals surface area contributed by atoms with Crippen molar-refractivity contribution in [3.63, 3.8) is 0 Å². The molecule has 0 saturated heterocycles. The van der Waals surface area contributed by atoms with Crippen LogP contribution in [-0.2, 0) is 9.53 Å². The number of esters is 1. The second-order valence-corrected chi connectivity index (χ2v) is 6.67. The largest absolute Gasteiger partial charge is 0.449 e. The standard InChI is InChI=1S/C19H19N3O4S/c1-13(18(24)22(2)11-4-10-20)26-19(25)14-6-8-15(9-7-14)21-17(23)16-5-3-12-27-16/h3,5-9,12-13H,4,11H2,1-2H3,(H,21,23)/t13-/m0/s1. The lowest BCUT2D eigenvalue weighted by Gasteiger charge is -2.20. The fraction of sp³-hybridized carbons (Fsp3) is 0.263. The number of carbonyl (C=O) groups excluding carboxylic acids is 3. The first-order valence-electron chi connectivity index (χ1n) is 8.20. The van der Waals surface area contributed by atoms with E-state index in [0.29, 0.717) is 10.6 Å². The summed E-state index contributed by atoms with van der Waals surface area (Å²) in [5.41, 5.74) is 0.814. The van der Waals surface area contributed by atoms with Gasteiger partial charge < -0.3 is 15.0 Å². The lowest BCUT2D eigenvalue weighted by Crippen LogP contribution is -2.37. The Bertz CT molecular complexity index is 841. The Hall–Kier alpha value is -3.18. The number of hydrogen-bond acceptors (Lipinski definition) is 6. The van der Waals surface area contributed by atoms with Gasteiger partial charge in [-0.15, -0.1) is 11.3 Å². The number of thiophene rings is 1. The van der Waals surface area contributed by atoms with Crippen molar-refractivity contribution in [3.8, 4) is 6.07 Å². The molecule has 2 aromatic rings. The summed E-state index contributed by atoms with van der Waals surface area (Å²) in [5, 5.41) is 13.1. The third kappa shape index (κ3) is 5.66. The molecule has 27 heavy (non-hydrogen) atoms. The zero-order valence-corrected chi connectivity index (χ0v) is 15.8. The van der Waals surface area contributed by atoms with E-state index in [9.17, 15) is 14.4 Å². The highest BCUT2D eigenvalue weighted by atomic mass is 32.1. The molecule has 1 aromatic heterocycles. The average Bonchev–Trinajstić information content (AvgIpc) is 3.20. The maximum atomic E-state index is 12.2. The van der Waals surface area contributed by atoms with Crippen LogP contribution in [0.5, 0.6) is 0 Å². The lowest BCUT2D eigenvalue weighted by atomic mass is 10.2. The highest BCUT2D eigenvalue weighted by molar-refractivity contribution is 7.12. The van der Waals surface area contributed by atoms with Gasteiger partial charge in [0.15, 0.2) is 6.10 Å². The number of carbonyl (C=O) groups is 3. The highest BCUT2D eigenvalue weighted by Crippen LogP contribution is 2.15. The van der Waals surface area contributed by atoms with Crippen LogP contribution < -0.4 is 5.32 Å². The van der Waals surface area contributed by atoms with E-state index in [1.165, 1.54) is 35.3 Å². The number of nitrogens with zero attached hydrogens (tertiary/aromatic N) is 2. The molecule has 0 aliphatic heterocycles. The summed E-state index contributed by atoms with van der Waals surface area (Å²) in [6.07, 6.45) is -0.749. The monoisotopic (exact) mass is 385 g/mol. The van der Waals surface area contributed by atoms with Crippen LogP contribution in [0.25, 0.3) is 0 Å². The van der Waals surface area contributed by atoms with Crippen LogP contribution in [0.15, 0.2) is 41.8 Å². The van der Waals surface area contributed by atoms with E-state index in [0.717, 1.165) is 0 Å². The number of likely N-dealkylation sites (N-methyl/N-ethyl adjacent to an activating group) is 1. The second-order valence-electron chi connectivity index (χ2n) is 5.72. The molecular weight excluding hydrogens is 366 g/mol. The van der Waals surface area contributed by atoms with Crippen LogP contribution in [0.1, 0.15) is 33.4 Å². The SMILES string of the molecule is C[C@H](OC(=O)c1ccc(NC(=O)c2cccs2)cc1)C(=O)N(C)CCC#N. The fourth-order valence-corrected chi connectivity index (χ4v) is 2.83. The van der Waals surface area contributed by atoms with Crippen molar-refractivity contribution in [2.45, 2.75) is 19.4 Å². The first-order valence-corrected chi connectivity index (χ1v) is 9.08. The predicted octanol–water partition coefficient (Wildman–Crippen LogP) is 2.92. The number of rotatable bonds is 7. The Morgan fingerprint density at radius 1 is 1.26 bits per heavy atom. The Morgan fingerprint density at radius 3 is 2.56 bits per heavy atom. The number of nitriles is 1. The topological polar surface area (TPSA) is 99.5 Å². The summed E-state index contributed by atoms with van der Waals surface area (Å²) >= 11 is 1.34. The Labute approximate surface area is 161 Å². The second kappa shape index (κ2) is 9.50. The maximum absolute atomic E-state index is 12.2. The summed E-state index contributed by atoms with van der Waals surface area (Å²) < 4.78 is 5.18. The molecule has 1 aromatic carbocycles.